The predicted octanol–water partition coefficient (Wildman–Crippen LogP) is 3.25. The van der Waals surface area contributed by atoms with Gasteiger partial charge in [0, 0.05) is 17.5 Å². The molecule has 1 heteroatoms. The lowest BCUT2D eigenvalue weighted by atomic mass is 10.1. The highest BCUT2D eigenvalue weighted by atomic mass is 14.7. The molecule has 0 aliphatic heterocycles. The summed E-state index contributed by atoms with van der Waals surface area (Å²) < 4.78 is 0. The van der Waals surface area contributed by atoms with Gasteiger partial charge >= 0.3 is 0 Å². The molecule has 1 heterocycles. The first-order valence-corrected chi connectivity index (χ1v) is 4.28. The molecule has 0 saturated carbocycles. The standard InChI is InChI=1S/C11H15N/c1-4-7-9-8-12-11(6-3)10(9)5-2/h5-6,8,12H,2-4,7H2,1H3. The minimum atomic E-state index is 1.08. The summed E-state index contributed by atoms with van der Waals surface area (Å²) >= 11 is 0. The Bertz CT molecular complexity index is 281. The zero-order valence-electron chi connectivity index (χ0n) is 7.56. The lowest BCUT2D eigenvalue weighted by molar-refractivity contribution is 0.922. The van der Waals surface area contributed by atoms with Gasteiger partial charge in [-0.15, -0.1) is 0 Å². The van der Waals surface area contributed by atoms with E-state index in [1.54, 1.807) is 0 Å². The molecule has 0 aliphatic carbocycles. The zero-order valence-corrected chi connectivity index (χ0v) is 7.56. The molecule has 1 rings (SSSR count). The first-order valence-electron chi connectivity index (χ1n) is 4.28. The van der Waals surface area contributed by atoms with Crippen LogP contribution in [0.2, 0.25) is 0 Å². The van der Waals surface area contributed by atoms with Gasteiger partial charge in [-0.2, -0.15) is 0 Å². The third-order valence-corrected chi connectivity index (χ3v) is 1.97. The molecule has 0 fully saturated rings. The fraction of sp³-hybridized carbons (Fsp3) is 0.273. The maximum Gasteiger partial charge on any atom is 0.0450 e. The third kappa shape index (κ3) is 1.50. The molecule has 64 valence electrons. The molecular weight excluding hydrogens is 146 g/mol. The van der Waals surface area contributed by atoms with Gasteiger partial charge in [0.15, 0.2) is 0 Å². The first kappa shape index (κ1) is 8.85. The van der Waals surface area contributed by atoms with Crippen LogP contribution in [0.5, 0.6) is 0 Å². The van der Waals surface area contributed by atoms with E-state index in [0.29, 0.717) is 0 Å². The summed E-state index contributed by atoms with van der Waals surface area (Å²) in [7, 11) is 0. The zero-order chi connectivity index (χ0) is 8.97. The minimum Gasteiger partial charge on any atom is -0.361 e. The number of aryl methyl sites for hydroxylation is 1. The lowest BCUT2D eigenvalue weighted by Crippen LogP contribution is -1.83. The molecule has 0 radical (unpaired) electrons. The van der Waals surface area contributed by atoms with E-state index >= 15 is 0 Å². The molecule has 1 aromatic heterocycles. The molecule has 0 aliphatic rings. The number of hydrogen-bond acceptors (Lipinski definition) is 0. The molecule has 1 aromatic rings. The van der Waals surface area contributed by atoms with Crippen LogP contribution in [-0.4, -0.2) is 4.98 Å². The Morgan fingerprint density at radius 1 is 1.42 bits per heavy atom. The maximum atomic E-state index is 3.79. The van der Waals surface area contributed by atoms with Gasteiger partial charge in [-0.25, -0.2) is 0 Å². The van der Waals surface area contributed by atoms with Crippen LogP contribution in [0.1, 0.15) is 30.2 Å². The average Bonchev–Trinajstić information content (AvgIpc) is 2.47. The fourth-order valence-corrected chi connectivity index (χ4v) is 1.38. The Labute approximate surface area is 73.8 Å². The van der Waals surface area contributed by atoms with Crippen molar-refractivity contribution in [2.45, 2.75) is 19.8 Å². The van der Waals surface area contributed by atoms with E-state index in [1.807, 2.05) is 18.3 Å². The van der Waals surface area contributed by atoms with Crippen LogP contribution in [0.4, 0.5) is 0 Å². The van der Waals surface area contributed by atoms with Gasteiger partial charge in [-0.3, -0.25) is 0 Å². The summed E-state index contributed by atoms with van der Waals surface area (Å²) in [5.41, 5.74) is 3.61. The Hall–Kier alpha value is -1.24. The second-order valence-corrected chi connectivity index (χ2v) is 2.80. The van der Waals surface area contributed by atoms with E-state index in [9.17, 15) is 0 Å². The van der Waals surface area contributed by atoms with Crippen LogP contribution in [0.3, 0.4) is 0 Å². The van der Waals surface area contributed by atoms with Crippen LogP contribution < -0.4 is 0 Å². The van der Waals surface area contributed by atoms with Crippen LogP contribution in [-0.2, 0) is 6.42 Å². The number of hydrogen-bond donors (Lipinski definition) is 1. The Morgan fingerprint density at radius 3 is 2.67 bits per heavy atom. The van der Waals surface area contributed by atoms with E-state index in [2.05, 4.69) is 25.1 Å². The molecule has 0 spiro atoms. The summed E-state index contributed by atoms with van der Waals surface area (Å²) in [6.45, 7) is 9.69. The molecule has 1 N–H and O–H groups in total. The van der Waals surface area contributed by atoms with E-state index in [1.165, 1.54) is 11.1 Å². The Morgan fingerprint density at radius 2 is 2.17 bits per heavy atom. The summed E-state index contributed by atoms with van der Waals surface area (Å²) in [4.78, 5) is 3.17. The third-order valence-electron chi connectivity index (χ3n) is 1.97. The Kier molecular flexibility index (Phi) is 2.92. The van der Waals surface area contributed by atoms with Crippen molar-refractivity contribution < 1.29 is 0 Å². The highest BCUT2D eigenvalue weighted by Crippen LogP contribution is 2.17. The molecule has 0 unspecified atom stereocenters. The van der Waals surface area contributed by atoms with Gasteiger partial charge in [-0.05, 0) is 18.1 Å². The normalized spacial score (nSPS) is 9.75. The number of nitrogens with one attached hydrogen (secondary N) is 1. The fourth-order valence-electron chi connectivity index (χ4n) is 1.38. The monoisotopic (exact) mass is 161 g/mol. The summed E-state index contributed by atoms with van der Waals surface area (Å²) in [6.07, 6.45) is 8.02. The highest BCUT2D eigenvalue weighted by molar-refractivity contribution is 5.64. The summed E-state index contributed by atoms with van der Waals surface area (Å²) in [6, 6.07) is 0. The lowest BCUT2D eigenvalue weighted by Gasteiger charge is -1.96. The number of aromatic nitrogens is 1. The van der Waals surface area contributed by atoms with Crippen molar-refractivity contribution >= 4 is 12.2 Å². The number of aromatic amines is 1. The van der Waals surface area contributed by atoms with Crippen molar-refractivity contribution in [2.75, 3.05) is 0 Å². The largest absolute Gasteiger partial charge is 0.361 e. The first-order chi connectivity index (χ1) is 5.83. The van der Waals surface area contributed by atoms with Gasteiger partial charge in [0.2, 0.25) is 0 Å². The molecule has 12 heavy (non-hydrogen) atoms. The van der Waals surface area contributed by atoms with Crippen molar-refractivity contribution in [1.29, 1.82) is 0 Å². The van der Waals surface area contributed by atoms with Crippen molar-refractivity contribution in [3.05, 3.63) is 36.2 Å². The second-order valence-electron chi connectivity index (χ2n) is 2.80. The number of H-pyrrole nitrogens is 1. The van der Waals surface area contributed by atoms with Gasteiger partial charge in [0.05, 0.1) is 0 Å². The van der Waals surface area contributed by atoms with Gasteiger partial charge in [-0.1, -0.05) is 32.6 Å². The van der Waals surface area contributed by atoms with Crippen LogP contribution >= 0.6 is 0 Å². The quantitative estimate of drug-likeness (QED) is 0.697. The molecule has 0 aromatic carbocycles. The van der Waals surface area contributed by atoms with E-state index < -0.39 is 0 Å². The second kappa shape index (κ2) is 3.96. The van der Waals surface area contributed by atoms with Gasteiger partial charge in [0.1, 0.15) is 0 Å². The molecule has 1 nitrogen and oxygen atoms in total. The van der Waals surface area contributed by atoms with Crippen molar-refractivity contribution in [1.82, 2.24) is 4.98 Å². The summed E-state index contributed by atoms with van der Waals surface area (Å²) in [5, 5.41) is 0. The van der Waals surface area contributed by atoms with Crippen LogP contribution in [0.25, 0.3) is 12.2 Å². The maximum absolute atomic E-state index is 3.79. The van der Waals surface area contributed by atoms with E-state index in [0.717, 1.165) is 18.5 Å². The molecule has 0 saturated heterocycles. The minimum absolute atomic E-state index is 1.08. The summed E-state index contributed by atoms with van der Waals surface area (Å²) in [5.74, 6) is 0. The molecule has 0 atom stereocenters. The van der Waals surface area contributed by atoms with Crippen molar-refractivity contribution in [3.8, 4) is 0 Å². The predicted molar refractivity (Wildman–Crippen MR) is 55.0 cm³/mol. The Balaban J connectivity index is 3.04. The molecule has 0 amide bonds. The van der Waals surface area contributed by atoms with Crippen LogP contribution in [0, 0.1) is 0 Å². The molecule has 0 bridgehead atoms. The van der Waals surface area contributed by atoms with E-state index in [-0.39, 0.29) is 0 Å². The van der Waals surface area contributed by atoms with Crippen molar-refractivity contribution in [3.63, 3.8) is 0 Å². The van der Waals surface area contributed by atoms with Crippen molar-refractivity contribution in [2.24, 2.45) is 0 Å². The van der Waals surface area contributed by atoms with Gasteiger partial charge in [0.25, 0.3) is 0 Å². The number of rotatable bonds is 4. The van der Waals surface area contributed by atoms with Gasteiger partial charge < -0.3 is 4.98 Å². The smallest absolute Gasteiger partial charge is 0.0450 e. The SMILES string of the molecule is C=Cc1[nH]cc(CCC)c1C=C. The highest BCUT2D eigenvalue weighted by Gasteiger charge is 2.03. The van der Waals surface area contributed by atoms with Crippen LogP contribution in [0.15, 0.2) is 19.4 Å². The van der Waals surface area contributed by atoms with E-state index in [4.69, 9.17) is 0 Å². The molecular formula is C11H15N. The average molecular weight is 161 g/mol. The topological polar surface area (TPSA) is 15.8 Å².